The summed E-state index contributed by atoms with van der Waals surface area (Å²) in [5.41, 5.74) is 2.63. The fourth-order valence-corrected chi connectivity index (χ4v) is 5.44. The molecule has 1 fully saturated rings. The zero-order chi connectivity index (χ0) is 28.1. The first-order valence-electron chi connectivity index (χ1n) is 11.7. The largest absolute Gasteiger partial charge is 0.490 e. The molecule has 0 radical (unpaired) electrons. The highest BCUT2D eigenvalue weighted by molar-refractivity contribution is 9.10. The van der Waals surface area contributed by atoms with Crippen LogP contribution in [0, 0.1) is 0 Å². The fourth-order valence-electron chi connectivity index (χ4n) is 3.56. The van der Waals surface area contributed by atoms with Crippen molar-refractivity contribution in [2.75, 3.05) is 20.8 Å². The highest BCUT2D eigenvalue weighted by Crippen LogP contribution is 2.40. The van der Waals surface area contributed by atoms with Crippen LogP contribution in [-0.2, 0) is 16.1 Å². The Morgan fingerprint density at radius 2 is 1.82 bits per heavy atom. The Kier molecular flexibility index (Phi) is 9.61. The lowest BCUT2D eigenvalue weighted by molar-refractivity contribution is -0.121. The van der Waals surface area contributed by atoms with Crippen molar-refractivity contribution in [1.82, 2.24) is 4.90 Å². The Labute approximate surface area is 248 Å². The Bertz CT molecular complexity index is 1480. The van der Waals surface area contributed by atoms with Crippen LogP contribution in [0.2, 0.25) is 10.0 Å². The van der Waals surface area contributed by atoms with Gasteiger partial charge in [0.05, 0.1) is 44.4 Å². The van der Waals surface area contributed by atoms with Crippen molar-refractivity contribution in [3.8, 4) is 11.5 Å². The number of methoxy groups -OCH3 is 1. The fraction of sp³-hybridized carbons (Fsp3) is 0.179. The number of thioether (sulfide) groups is 1. The molecule has 1 aliphatic heterocycles. The molecule has 11 heteroatoms. The van der Waals surface area contributed by atoms with Gasteiger partial charge in [-0.25, -0.2) is 9.79 Å². The van der Waals surface area contributed by atoms with Gasteiger partial charge in [0.25, 0.3) is 5.91 Å². The number of esters is 1. The van der Waals surface area contributed by atoms with E-state index in [1.54, 1.807) is 49.5 Å². The molecule has 0 spiro atoms. The molecule has 1 saturated heterocycles. The van der Waals surface area contributed by atoms with Crippen molar-refractivity contribution in [3.63, 3.8) is 0 Å². The Morgan fingerprint density at radius 3 is 2.49 bits per heavy atom. The molecule has 1 heterocycles. The summed E-state index contributed by atoms with van der Waals surface area (Å²) in [6, 6.07) is 15.6. The molecule has 7 nitrogen and oxygen atoms in total. The number of hydrogen-bond acceptors (Lipinski definition) is 7. The lowest BCUT2D eigenvalue weighted by Crippen LogP contribution is -2.23. The van der Waals surface area contributed by atoms with Crippen LogP contribution in [0.1, 0.15) is 28.4 Å². The summed E-state index contributed by atoms with van der Waals surface area (Å²) >= 11 is 17.0. The van der Waals surface area contributed by atoms with Crippen LogP contribution in [0.5, 0.6) is 11.5 Å². The van der Waals surface area contributed by atoms with Gasteiger partial charge in [-0.2, -0.15) is 0 Å². The molecule has 202 valence electrons. The molecular formula is C28H23BrCl2N2O5S. The van der Waals surface area contributed by atoms with Gasteiger partial charge in [0.2, 0.25) is 0 Å². The number of carbonyl (C=O) groups excluding carboxylic acids is 2. The van der Waals surface area contributed by atoms with Crippen molar-refractivity contribution in [2.24, 2.45) is 4.99 Å². The topological polar surface area (TPSA) is 77.4 Å². The number of amides is 1. The third-order valence-corrected chi connectivity index (χ3v) is 7.90. The smallest absolute Gasteiger partial charge is 0.337 e. The van der Waals surface area contributed by atoms with Crippen molar-refractivity contribution < 1.29 is 23.8 Å². The first kappa shape index (κ1) is 29.0. The highest BCUT2D eigenvalue weighted by Gasteiger charge is 2.30. The second-order valence-electron chi connectivity index (χ2n) is 8.21. The molecule has 4 rings (SSSR count). The van der Waals surface area contributed by atoms with Crippen LogP contribution in [0.15, 0.2) is 69.0 Å². The number of aliphatic imine (C=N–C) groups is 1. The monoisotopic (exact) mass is 648 g/mol. The zero-order valence-corrected chi connectivity index (χ0v) is 25.1. The maximum atomic E-state index is 13.0. The molecule has 1 amide bonds. The minimum absolute atomic E-state index is 0.182. The van der Waals surface area contributed by atoms with Crippen LogP contribution in [0.3, 0.4) is 0 Å². The van der Waals surface area contributed by atoms with Gasteiger partial charge in [-0.3, -0.25) is 9.69 Å². The van der Waals surface area contributed by atoms with Crippen LogP contribution < -0.4 is 9.47 Å². The minimum Gasteiger partial charge on any atom is -0.490 e. The molecule has 0 N–H and O–H groups in total. The summed E-state index contributed by atoms with van der Waals surface area (Å²) in [6.45, 7) is 2.57. The van der Waals surface area contributed by atoms with Gasteiger partial charge in [-0.15, -0.1) is 0 Å². The summed E-state index contributed by atoms with van der Waals surface area (Å²) in [6.07, 6.45) is 1.78. The van der Waals surface area contributed by atoms with E-state index in [4.69, 9.17) is 37.4 Å². The van der Waals surface area contributed by atoms with Gasteiger partial charge in [0, 0.05) is 7.05 Å². The maximum Gasteiger partial charge on any atom is 0.337 e. The molecule has 0 aliphatic carbocycles. The van der Waals surface area contributed by atoms with E-state index in [2.05, 4.69) is 20.9 Å². The van der Waals surface area contributed by atoms with Crippen molar-refractivity contribution in [1.29, 1.82) is 0 Å². The number of halogens is 3. The Morgan fingerprint density at radius 1 is 1.08 bits per heavy atom. The molecule has 0 unspecified atom stereocenters. The summed E-state index contributed by atoms with van der Waals surface area (Å²) in [7, 11) is 2.99. The second kappa shape index (κ2) is 12.9. The van der Waals surface area contributed by atoms with Gasteiger partial charge in [-0.1, -0.05) is 29.3 Å². The third-order valence-electron chi connectivity index (χ3n) is 5.51. The number of amidine groups is 1. The van der Waals surface area contributed by atoms with Crippen molar-refractivity contribution in [3.05, 3.63) is 90.7 Å². The number of ether oxygens (including phenoxy) is 3. The molecule has 0 bridgehead atoms. The van der Waals surface area contributed by atoms with E-state index in [-0.39, 0.29) is 12.5 Å². The number of benzene rings is 3. The van der Waals surface area contributed by atoms with Gasteiger partial charge in [-0.05, 0) is 100 Å². The summed E-state index contributed by atoms with van der Waals surface area (Å²) < 4.78 is 17.3. The number of nitrogens with zero attached hydrogens (tertiary/aromatic N) is 2. The van der Waals surface area contributed by atoms with Gasteiger partial charge in [0.1, 0.15) is 6.61 Å². The molecular weight excluding hydrogens is 627 g/mol. The number of rotatable bonds is 8. The van der Waals surface area contributed by atoms with Crippen LogP contribution >= 0.6 is 50.9 Å². The SMILES string of the molecule is CCOc1cc(C=C2SC(=Nc3ccc(C(=O)OC)cc3)N(C)C2=O)cc(Br)c1OCc1ccc(Cl)c(Cl)c1. The summed E-state index contributed by atoms with van der Waals surface area (Å²) in [4.78, 5) is 31.2. The molecule has 3 aromatic rings. The summed E-state index contributed by atoms with van der Waals surface area (Å²) in [5, 5.41) is 1.44. The van der Waals surface area contributed by atoms with Crippen LogP contribution in [-0.4, -0.2) is 42.7 Å². The summed E-state index contributed by atoms with van der Waals surface area (Å²) in [5.74, 6) is 0.455. The Balaban J connectivity index is 1.56. The second-order valence-corrected chi connectivity index (χ2v) is 10.9. The highest BCUT2D eigenvalue weighted by atomic mass is 79.9. The number of likely N-dealkylation sites (N-methyl/N-ethyl adjacent to an activating group) is 1. The van der Waals surface area contributed by atoms with E-state index in [0.29, 0.717) is 53.9 Å². The molecule has 0 saturated carbocycles. The number of hydrogen-bond donors (Lipinski definition) is 0. The maximum absolute atomic E-state index is 13.0. The van der Waals surface area contributed by atoms with Gasteiger partial charge >= 0.3 is 5.97 Å². The first-order valence-corrected chi connectivity index (χ1v) is 14.0. The average Bonchev–Trinajstić information content (AvgIpc) is 3.17. The standard InChI is InChI=1S/C28H23BrCl2N2O5S/c1-4-37-23-13-17(11-20(29)25(23)38-15-16-5-10-21(30)22(31)12-16)14-24-26(34)33(2)28(39-24)32-19-8-6-18(7-9-19)27(35)36-3/h5-14H,4,15H2,1-3H3. The van der Waals surface area contributed by atoms with Crippen molar-refractivity contribution >= 4 is 79.7 Å². The molecule has 3 aromatic carbocycles. The lowest BCUT2D eigenvalue weighted by atomic mass is 10.1. The van der Waals surface area contributed by atoms with E-state index in [0.717, 1.165) is 11.1 Å². The molecule has 0 aromatic heterocycles. The molecule has 1 aliphatic rings. The van der Waals surface area contributed by atoms with E-state index in [1.165, 1.54) is 23.8 Å². The normalized spacial score (nSPS) is 15.2. The van der Waals surface area contributed by atoms with E-state index in [1.807, 2.05) is 25.1 Å². The predicted octanol–water partition coefficient (Wildman–Crippen LogP) is 7.75. The van der Waals surface area contributed by atoms with E-state index in [9.17, 15) is 9.59 Å². The number of carbonyl (C=O) groups is 2. The van der Waals surface area contributed by atoms with E-state index < -0.39 is 5.97 Å². The molecule has 0 atom stereocenters. The zero-order valence-electron chi connectivity index (χ0n) is 21.2. The lowest BCUT2D eigenvalue weighted by Gasteiger charge is -2.15. The van der Waals surface area contributed by atoms with Crippen molar-refractivity contribution in [2.45, 2.75) is 13.5 Å². The average molecular weight is 650 g/mol. The first-order chi connectivity index (χ1) is 18.7. The minimum atomic E-state index is -0.426. The Hall–Kier alpha value is -2.98. The molecule has 39 heavy (non-hydrogen) atoms. The van der Waals surface area contributed by atoms with Gasteiger partial charge in [0.15, 0.2) is 16.7 Å². The van der Waals surface area contributed by atoms with Crippen LogP contribution in [0.25, 0.3) is 6.08 Å². The third kappa shape index (κ3) is 6.97. The van der Waals surface area contributed by atoms with E-state index >= 15 is 0 Å². The van der Waals surface area contributed by atoms with Gasteiger partial charge < -0.3 is 14.2 Å². The van der Waals surface area contributed by atoms with Crippen LogP contribution in [0.4, 0.5) is 5.69 Å². The quantitative estimate of drug-likeness (QED) is 0.183. The predicted molar refractivity (Wildman–Crippen MR) is 159 cm³/mol.